The average Bonchev–Trinajstić information content (AvgIpc) is 2.50. The zero-order valence-corrected chi connectivity index (χ0v) is 14.8. The number of amides is 1. The third-order valence-electron chi connectivity index (χ3n) is 4.04. The summed E-state index contributed by atoms with van der Waals surface area (Å²) in [5.74, 6) is 0.556. The highest BCUT2D eigenvalue weighted by atomic mass is 79.9. The van der Waals surface area contributed by atoms with E-state index in [1.54, 1.807) is 11.8 Å². The van der Waals surface area contributed by atoms with Crippen LogP contribution in [0.3, 0.4) is 0 Å². The number of carbonyl (C=O) groups is 1. The highest BCUT2D eigenvalue weighted by Crippen LogP contribution is 2.27. The normalized spacial score (nSPS) is 23.6. The molecule has 0 heterocycles. The molecule has 0 bridgehead atoms. The van der Waals surface area contributed by atoms with E-state index >= 15 is 0 Å². The van der Waals surface area contributed by atoms with Crippen molar-refractivity contribution in [2.75, 3.05) is 6.54 Å². The zero-order valence-electron chi connectivity index (χ0n) is 12.3. The first kappa shape index (κ1) is 16.8. The van der Waals surface area contributed by atoms with Gasteiger partial charge in [0, 0.05) is 15.4 Å². The summed E-state index contributed by atoms with van der Waals surface area (Å²) in [5, 5.41) is 3.11. The number of nitrogens with two attached hydrogens (primary N) is 1. The van der Waals surface area contributed by atoms with Crippen molar-refractivity contribution < 1.29 is 4.79 Å². The van der Waals surface area contributed by atoms with Crippen LogP contribution >= 0.6 is 27.7 Å². The monoisotopic (exact) mass is 370 g/mol. The van der Waals surface area contributed by atoms with Crippen LogP contribution in [0.4, 0.5) is 0 Å². The van der Waals surface area contributed by atoms with Crippen LogP contribution in [0.15, 0.2) is 33.6 Å². The van der Waals surface area contributed by atoms with Crippen molar-refractivity contribution in [1.82, 2.24) is 5.32 Å². The molecule has 0 saturated heterocycles. The van der Waals surface area contributed by atoms with E-state index in [0.717, 1.165) is 22.2 Å². The predicted octanol–water partition coefficient (Wildman–Crippen LogP) is 3.56. The molecule has 3 N–H and O–H groups in total. The van der Waals surface area contributed by atoms with Crippen LogP contribution < -0.4 is 11.1 Å². The van der Waals surface area contributed by atoms with Crippen LogP contribution in [-0.4, -0.2) is 23.7 Å². The Labute approximate surface area is 139 Å². The summed E-state index contributed by atoms with van der Waals surface area (Å²) in [5.41, 5.74) is 5.82. The maximum absolute atomic E-state index is 12.4. The molecule has 1 aromatic rings. The van der Waals surface area contributed by atoms with Crippen molar-refractivity contribution in [3.63, 3.8) is 0 Å². The third-order valence-corrected chi connectivity index (χ3v) is 5.68. The zero-order chi connectivity index (χ0) is 15.2. The number of thioether (sulfide) groups is 1. The maximum Gasteiger partial charge on any atom is 0.233 e. The fourth-order valence-electron chi connectivity index (χ4n) is 2.75. The van der Waals surface area contributed by atoms with Crippen LogP contribution in [-0.2, 0) is 4.79 Å². The number of carbonyl (C=O) groups excluding carboxylic acids is 1. The molecule has 116 valence electrons. The molecule has 1 saturated carbocycles. The van der Waals surface area contributed by atoms with Crippen molar-refractivity contribution in [2.24, 2.45) is 11.7 Å². The minimum Gasteiger partial charge on any atom is -0.352 e. The van der Waals surface area contributed by atoms with Crippen LogP contribution in [0.1, 0.15) is 32.6 Å². The number of hydrogen-bond acceptors (Lipinski definition) is 3. The van der Waals surface area contributed by atoms with Gasteiger partial charge in [0.1, 0.15) is 0 Å². The van der Waals surface area contributed by atoms with E-state index in [9.17, 15) is 4.79 Å². The van der Waals surface area contributed by atoms with Gasteiger partial charge >= 0.3 is 0 Å². The molecular weight excluding hydrogens is 348 g/mol. The van der Waals surface area contributed by atoms with Gasteiger partial charge in [-0.25, -0.2) is 0 Å². The second kappa shape index (κ2) is 8.20. The molecule has 0 aliphatic heterocycles. The van der Waals surface area contributed by atoms with Gasteiger partial charge < -0.3 is 11.1 Å². The largest absolute Gasteiger partial charge is 0.352 e. The average molecular weight is 371 g/mol. The van der Waals surface area contributed by atoms with E-state index in [2.05, 4.69) is 21.2 Å². The molecule has 3 unspecified atom stereocenters. The number of nitrogens with one attached hydrogen (secondary N) is 1. The van der Waals surface area contributed by atoms with Crippen molar-refractivity contribution in [2.45, 2.75) is 48.8 Å². The topological polar surface area (TPSA) is 55.1 Å². The number of hydrogen-bond donors (Lipinski definition) is 2. The maximum atomic E-state index is 12.4. The van der Waals surface area contributed by atoms with Gasteiger partial charge in [-0.15, -0.1) is 11.8 Å². The molecular formula is C16H23BrN2OS. The van der Waals surface area contributed by atoms with Crippen LogP contribution in [0.5, 0.6) is 0 Å². The third kappa shape index (κ3) is 5.01. The minimum atomic E-state index is -0.0912. The van der Waals surface area contributed by atoms with Gasteiger partial charge in [-0.3, -0.25) is 4.79 Å². The molecule has 1 aromatic carbocycles. The summed E-state index contributed by atoms with van der Waals surface area (Å²) in [6, 6.07) is 8.31. The van der Waals surface area contributed by atoms with Crippen LogP contribution in [0.2, 0.25) is 0 Å². The Bertz CT molecular complexity index is 466. The summed E-state index contributed by atoms with van der Waals surface area (Å²) in [6.07, 6.45) is 4.62. The molecule has 2 rings (SSSR count). The fourth-order valence-corrected chi connectivity index (χ4v) is 3.89. The summed E-state index contributed by atoms with van der Waals surface area (Å²) in [7, 11) is 0. The Morgan fingerprint density at radius 3 is 2.71 bits per heavy atom. The summed E-state index contributed by atoms with van der Waals surface area (Å²) >= 11 is 5.01. The van der Waals surface area contributed by atoms with Gasteiger partial charge in [0.15, 0.2) is 0 Å². The van der Waals surface area contributed by atoms with Crippen molar-refractivity contribution >= 4 is 33.6 Å². The number of rotatable bonds is 5. The highest BCUT2D eigenvalue weighted by Gasteiger charge is 2.27. The van der Waals surface area contributed by atoms with E-state index in [1.807, 2.05) is 31.2 Å². The van der Waals surface area contributed by atoms with Gasteiger partial charge in [0.05, 0.1) is 5.25 Å². The summed E-state index contributed by atoms with van der Waals surface area (Å²) < 4.78 is 1.05. The van der Waals surface area contributed by atoms with Crippen molar-refractivity contribution in [3.8, 4) is 0 Å². The minimum absolute atomic E-state index is 0.0912. The molecule has 1 fully saturated rings. The molecule has 0 radical (unpaired) electrons. The van der Waals surface area contributed by atoms with E-state index in [0.29, 0.717) is 12.5 Å². The molecule has 1 aliphatic carbocycles. The molecule has 3 nitrogen and oxygen atoms in total. The lowest BCUT2D eigenvalue weighted by Gasteiger charge is -2.32. The summed E-state index contributed by atoms with van der Waals surface area (Å²) in [6.45, 7) is 2.63. The second-order valence-electron chi connectivity index (χ2n) is 5.61. The molecule has 0 aromatic heterocycles. The molecule has 0 spiro atoms. The van der Waals surface area contributed by atoms with Crippen LogP contribution in [0.25, 0.3) is 0 Å². The molecule has 1 aliphatic rings. The Morgan fingerprint density at radius 1 is 1.38 bits per heavy atom. The van der Waals surface area contributed by atoms with E-state index in [-0.39, 0.29) is 17.2 Å². The first-order valence-electron chi connectivity index (χ1n) is 7.53. The Balaban J connectivity index is 1.88. The first-order chi connectivity index (χ1) is 10.1. The van der Waals surface area contributed by atoms with Gasteiger partial charge in [-0.05, 0) is 56.5 Å². The summed E-state index contributed by atoms with van der Waals surface area (Å²) in [4.78, 5) is 13.5. The standard InChI is InChI=1S/C16H23BrN2OS/c1-11(21-14-8-6-13(17)7-9-14)16(20)19-15-5-3-2-4-12(15)10-18/h6-9,11-12,15H,2-5,10,18H2,1H3,(H,19,20). The Hall–Kier alpha value is -0.520. The first-order valence-corrected chi connectivity index (χ1v) is 9.20. The molecule has 21 heavy (non-hydrogen) atoms. The van der Waals surface area contributed by atoms with Crippen molar-refractivity contribution in [3.05, 3.63) is 28.7 Å². The second-order valence-corrected chi connectivity index (χ2v) is 7.94. The van der Waals surface area contributed by atoms with Gasteiger partial charge in [-0.2, -0.15) is 0 Å². The number of halogens is 1. The lowest BCUT2D eigenvalue weighted by atomic mass is 9.84. The van der Waals surface area contributed by atoms with Gasteiger partial charge in [-0.1, -0.05) is 28.8 Å². The lowest BCUT2D eigenvalue weighted by molar-refractivity contribution is -0.121. The van der Waals surface area contributed by atoms with E-state index in [1.165, 1.54) is 12.8 Å². The Kier molecular flexibility index (Phi) is 6.58. The quantitative estimate of drug-likeness (QED) is 0.779. The SMILES string of the molecule is CC(Sc1ccc(Br)cc1)C(=O)NC1CCCCC1CN. The van der Waals surface area contributed by atoms with Gasteiger partial charge in [0.2, 0.25) is 5.91 Å². The smallest absolute Gasteiger partial charge is 0.233 e. The van der Waals surface area contributed by atoms with E-state index < -0.39 is 0 Å². The van der Waals surface area contributed by atoms with Gasteiger partial charge in [0.25, 0.3) is 0 Å². The van der Waals surface area contributed by atoms with Crippen molar-refractivity contribution in [1.29, 1.82) is 0 Å². The fraction of sp³-hybridized carbons (Fsp3) is 0.562. The molecule has 5 heteroatoms. The number of benzene rings is 1. The van der Waals surface area contributed by atoms with Crippen LogP contribution in [0, 0.1) is 5.92 Å². The molecule has 1 amide bonds. The highest BCUT2D eigenvalue weighted by molar-refractivity contribution is 9.10. The Morgan fingerprint density at radius 2 is 2.05 bits per heavy atom. The van der Waals surface area contributed by atoms with E-state index in [4.69, 9.17) is 5.73 Å². The predicted molar refractivity (Wildman–Crippen MR) is 92.4 cm³/mol. The molecule has 3 atom stereocenters. The lowest BCUT2D eigenvalue weighted by Crippen LogP contribution is -2.47.